The predicted molar refractivity (Wildman–Crippen MR) is 50.0 cm³/mol. The summed E-state index contributed by atoms with van der Waals surface area (Å²) in [6, 6.07) is 1.89. The largest absolute Gasteiger partial charge is 0.457 e. The fraction of sp³-hybridized carbons (Fsp3) is 0.444. The second kappa shape index (κ2) is 3.90. The van der Waals surface area contributed by atoms with Gasteiger partial charge in [-0.15, -0.1) is 0 Å². The van der Waals surface area contributed by atoms with E-state index in [-0.39, 0.29) is 11.7 Å². The van der Waals surface area contributed by atoms with E-state index in [0.717, 1.165) is 12.0 Å². The van der Waals surface area contributed by atoms with Crippen molar-refractivity contribution in [3.05, 3.63) is 22.6 Å². The van der Waals surface area contributed by atoms with Crippen molar-refractivity contribution in [2.75, 3.05) is 0 Å². The van der Waals surface area contributed by atoms with Gasteiger partial charge >= 0.3 is 0 Å². The van der Waals surface area contributed by atoms with Gasteiger partial charge in [0.05, 0.1) is 6.26 Å². The molecule has 0 aliphatic rings. The molecule has 0 aliphatic heterocycles. The number of carbonyl (C=O) groups is 1. The van der Waals surface area contributed by atoms with Gasteiger partial charge in [-0.25, -0.2) is 0 Å². The molecular formula is C9H11BrO2. The van der Waals surface area contributed by atoms with Crippen molar-refractivity contribution in [2.24, 2.45) is 5.92 Å². The lowest BCUT2D eigenvalue weighted by atomic mass is 10.0. The van der Waals surface area contributed by atoms with Gasteiger partial charge in [0, 0.05) is 5.92 Å². The first-order valence-corrected chi connectivity index (χ1v) is 4.62. The fourth-order valence-corrected chi connectivity index (χ4v) is 1.34. The van der Waals surface area contributed by atoms with Crippen LogP contribution in [0.25, 0.3) is 0 Å². The summed E-state index contributed by atoms with van der Waals surface area (Å²) in [5, 5.41) is 0. The molecule has 2 nitrogen and oxygen atoms in total. The SMILES string of the molecule is CC(=O)C(C)Cc1coc(Br)c1. The average Bonchev–Trinajstić information content (AvgIpc) is 2.35. The molecule has 1 atom stereocenters. The summed E-state index contributed by atoms with van der Waals surface area (Å²) in [4.78, 5) is 10.9. The Bertz CT molecular complexity index is 278. The van der Waals surface area contributed by atoms with E-state index < -0.39 is 0 Å². The zero-order valence-electron chi connectivity index (χ0n) is 7.13. The third kappa shape index (κ3) is 2.48. The highest BCUT2D eigenvalue weighted by molar-refractivity contribution is 9.10. The molecule has 0 bridgehead atoms. The molecule has 0 N–H and O–H groups in total. The fourth-order valence-electron chi connectivity index (χ4n) is 0.950. The van der Waals surface area contributed by atoms with Crippen LogP contribution < -0.4 is 0 Å². The summed E-state index contributed by atoms with van der Waals surface area (Å²) < 4.78 is 5.77. The molecule has 1 aromatic rings. The number of rotatable bonds is 3. The Morgan fingerprint density at radius 2 is 2.42 bits per heavy atom. The molecule has 0 radical (unpaired) electrons. The highest BCUT2D eigenvalue weighted by Crippen LogP contribution is 2.17. The van der Waals surface area contributed by atoms with E-state index in [1.54, 1.807) is 13.2 Å². The standard InChI is InChI=1S/C9H11BrO2/c1-6(7(2)11)3-8-4-9(10)12-5-8/h4-6H,3H2,1-2H3. The van der Waals surface area contributed by atoms with Crippen LogP contribution in [-0.4, -0.2) is 5.78 Å². The van der Waals surface area contributed by atoms with Crippen LogP contribution in [0.4, 0.5) is 0 Å². The molecule has 0 fully saturated rings. The maximum atomic E-state index is 10.9. The Balaban J connectivity index is 2.58. The molecule has 1 rings (SSSR count). The van der Waals surface area contributed by atoms with E-state index in [1.165, 1.54) is 0 Å². The maximum absolute atomic E-state index is 10.9. The van der Waals surface area contributed by atoms with Crippen LogP contribution in [0.1, 0.15) is 19.4 Å². The first-order chi connectivity index (χ1) is 5.59. The van der Waals surface area contributed by atoms with Crippen molar-refractivity contribution >= 4 is 21.7 Å². The van der Waals surface area contributed by atoms with Gasteiger partial charge in [0.25, 0.3) is 0 Å². The van der Waals surface area contributed by atoms with E-state index in [9.17, 15) is 4.79 Å². The quantitative estimate of drug-likeness (QED) is 0.800. The van der Waals surface area contributed by atoms with Gasteiger partial charge in [-0.3, -0.25) is 4.79 Å². The van der Waals surface area contributed by atoms with Crippen LogP contribution in [0.2, 0.25) is 0 Å². The Hall–Kier alpha value is -0.570. The van der Waals surface area contributed by atoms with Gasteiger partial charge in [-0.2, -0.15) is 0 Å². The lowest BCUT2D eigenvalue weighted by molar-refractivity contribution is -0.120. The van der Waals surface area contributed by atoms with Crippen molar-refractivity contribution in [3.63, 3.8) is 0 Å². The van der Waals surface area contributed by atoms with Gasteiger partial charge in [0.15, 0.2) is 4.67 Å². The van der Waals surface area contributed by atoms with Crippen molar-refractivity contribution in [3.8, 4) is 0 Å². The number of halogens is 1. The smallest absolute Gasteiger partial charge is 0.169 e. The molecule has 0 aromatic carbocycles. The number of furan rings is 1. The zero-order chi connectivity index (χ0) is 9.14. The molecule has 1 aromatic heterocycles. The third-order valence-corrected chi connectivity index (χ3v) is 2.27. The summed E-state index contributed by atoms with van der Waals surface area (Å²) in [6.45, 7) is 3.53. The molecule has 66 valence electrons. The van der Waals surface area contributed by atoms with Gasteiger partial charge in [0.2, 0.25) is 0 Å². The first-order valence-electron chi connectivity index (χ1n) is 3.83. The molecule has 3 heteroatoms. The summed E-state index contributed by atoms with van der Waals surface area (Å²) in [5.41, 5.74) is 1.06. The van der Waals surface area contributed by atoms with Gasteiger partial charge in [0.1, 0.15) is 5.78 Å². The van der Waals surface area contributed by atoms with Crippen molar-refractivity contribution < 1.29 is 9.21 Å². The highest BCUT2D eigenvalue weighted by Gasteiger charge is 2.09. The molecule has 0 aliphatic carbocycles. The summed E-state index contributed by atoms with van der Waals surface area (Å²) in [6.07, 6.45) is 2.42. The van der Waals surface area contributed by atoms with Gasteiger partial charge < -0.3 is 4.42 Å². The molecule has 12 heavy (non-hydrogen) atoms. The molecular weight excluding hydrogens is 220 g/mol. The minimum atomic E-state index is 0.0782. The monoisotopic (exact) mass is 230 g/mol. The van der Waals surface area contributed by atoms with Crippen molar-refractivity contribution in [2.45, 2.75) is 20.3 Å². The predicted octanol–water partition coefficient (Wildman–Crippen LogP) is 2.81. The Labute approximate surface area is 80.1 Å². The summed E-state index contributed by atoms with van der Waals surface area (Å²) in [7, 11) is 0. The maximum Gasteiger partial charge on any atom is 0.169 e. The Morgan fingerprint density at radius 1 is 1.75 bits per heavy atom. The molecule has 0 saturated carbocycles. The van der Waals surface area contributed by atoms with E-state index in [0.29, 0.717) is 4.67 Å². The van der Waals surface area contributed by atoms with Crippen LogP contribution in [-0.2, 0) is 11.2 Å². The van der Waals surface area contributed by atoms with Crippen LogP contribution in [0.15, 0.2) is 21.4 Å². The summed E-state index contributed by atoms with van der Waals surface area (Å²) in [5.74, 6) is 0.293. The van der Waals surface area contributed by atoms with Crippen LogP contribution >= 0.6 is 15.9 Å². The second-order valence-electron chi connectivity index (χ2n) is 2.97. The molecule has 0 amide bonds. The summed E-state index contributed by atoms with van der Waals surface area (Å²) >= 11 is 3.21. The molecule has 1 heterocycles. The number of Topliss-reactive ketones (excluding diaryl/α,β-unsaturated/α-hetero) is 1. The van der Waals surface area contributed by atoms with Crippen LogP contribution in [0.3, 0.4) is 0 Å². The second-order valence-corrected chi connectivity index (χ2v) is 3.76. The molecule has 1 unspecified atom stereocenters. The Morgan fingerprint density at radius 3 is 2.83 bits per heavy atom. The molecule has 0 saturated heterocycles. The topological polar surface area (TPSA) is 30.2 Å². The Kier molecular flexibility index (Phi) is 3.09. The van der Waals surface area contributed by atoms with E-state index in [4.69, 9.17) is 4.42 Å². The number of ketones is 1. The van der Waals surface area contributed by atoms with Gasteiger partial charge in [-0.05, 0) is 40.9 Å². The van der Waals surface area contributed by atoms with Crippen molar-refractivity contribution in [1.82, 2.24) is 0 Å². The first kappa shape index (κ1) is 9.52. The minimum Gasteiger partial charge on any atom is -0.457 e. The lowest BCUT2D eigenvalue weighted by Gasteiger charge is -2.03. The van der Waals surface area contributed by atoms with Crippen molar-refractivity contribution in [1.29, 1.82) is 0 Å². The van der Waals surface area contributed by atoms with E-state index in [2.05, 4.69) is 15.9 Å². The third-order valence-electron chi connectivity index (χ3n) is 1.86. The van der Waals surface area contributed by atoms with E-state index >= 15 is 0 Å². The average molecular weight is 231 g/mol. The highest BCUT2D eigenvalue weighted by atomic mass is 79.9. The van der Waals surface area contributed by atoms with Crippen LogP contribution in [0, 0.1) is 5.92 Å². The number of hydrogen-bond donors (Lipinski definition) is 0. The normalized spacial score (nSPS) is 12.9. The molecule has 0 spiro atoms. The lowest BCUT2D eigenvalue weighted by Crippen LogP contribution is -2.08. The van der Waals surface area contributed by atoms with Crippen LogP contribution in [0.5, 0.6) is 0 Å². The van der Waals surface area contributed by atoms with E-state index in [1.807, 2.05) is 13.0 Å². The van der Waals surface area contributed by atoms with Gasteiger partial charge in [-0.1, -0.05) is 6.92 Å². The number of hydrogen-bond acceptors (Lipinski definition) is 2. The number of carbonyl (C=O) groups excluding carboxylic acids is 1. The zero-order valence-corrected chi connectivity index (χ0v) is 8.72. The minimum absolute atomic E-state index is 0.0782.